The molecule has 20 heavy (non-hydrogen) atoms. The van der Waals surface area contributed by atoms with Crippen molar-refractivity contribution in [2.24, 2.45) is 0 Å². The molecule has 0 aliphatic rings. The molecule has 5 heteroatoms. The molecule has 2 heterocycles. The molecule has 0 aliphatic carbocycles. The first kappa shape index (κ1) is 12.9. The first-order valence-electron chi connectivity index (χ1n) is 6.08. The van der Waals surface area contributed by atoms with Gasteiger partial charge in [0.15, 0.2) is 11.5 Å². The molecule has 3 aromatic rings. The number of benzene rings is 1. The minimum atomic E-state index is 0.627. The van der Waals surface area contributed by atoms with Gasteiger partial charge in [-0.3, -0.25) is 4.98 Å². The number of para-hydroxylation sites is 1. The van der Waals surface area contributed by atoms with Crippen LogP contribution in [0.15, 0.2) is 47.2 Å². The smallest absolute Gasteiger partial charge is 0.156 e. The number of aryl methyl sites for hydroxylation is 1. The largest absolute Gasteiger partial charge is 0.453 e. The summed E-state index contributed by atoms with van der Waals surface area (Å²) < 4.78 is 6.78. The number of nitrogens with zero attached hydrogens (tertiary/aromatic N) is 2. The van der Waals surface area contributed by atoms with E-state index < -0.39 is 0 Å². The van der Waals surface area contributed by atoms with Crippen LogP contribution in [0.25, 0.3) is 11.0 Å². The van der Waals surface area contributed by atoms with E-state index in [0.717, 1.165) is 15.6 Å². The molecule has 2 aromatic heterocycles. The molecular formula is C15H12BrN3O. The SMILES string of the molecule is Cc1cccc(Oc2ccnc3cc(Br)cnc23)c1N. The third kappa shape index (κ3) is 2.32. The Hall–Kier alpha value is -2.14. The van der Waals surface area contributed by atoms with Crippen molar-refractivity contribution in [2.45, 2.75) is 6.92 Å². The van der Waals surface area contributed by atoms with Crippen LogP contribution >= 0.6 is 15.9 Å². The minimum absolute atomic E-state index is 0.627. The fraction of sp³-hybridized carbons (Fsp3) is 0.0667. The molecular weight excluding hydrogens is 318 g/mol. The summed E-state index contributed by atoms with van der Waals surface area (Å²) in [4.78, 5) is 8.63. The number of aromatic nitrogens is 2. The highest BCUT2D eigenvalue weighted by atomic mass is 79.9. The average molecular weight is 330 g/mol. The van der Waals surface area contributed by atoms with Crippen LogP contribution in [0.2, 0.25) is 0 Å². The summed E-state index contributed by atoms with van der Waals surface area (Å²) in [5.41, 5.74) is 9.12. The lowest BCUT2D eigenvalue weighted by Crippen LogP contribution is -1.96. The lowest BCUT2D eigenvalue weighted by atomic mass is 10.2. The van der Waals surface area contributed by atoms with Gasteiger partial charge in [0.25, 0.3) is 0 Å². The number of rotatable bonds is 2. The van der Waals surface area contributed by atoms with E-state index in [1.165, 1.54) is 0 Å². The maximum atomic E-state index is 6.03. The van der Waals surface area contributed by atoms with Crippen LogP contribution in [0.5, 0.6) is 11.5 Å². The molecule has 4 nitrogen and oxygen atoms in total. The predicted molar refractivity (Wildman–Crippen MR) is 82.9 cm³/mol. The Labute approximate surface area is 124 Å². The standard InChI is InChI=1S/C15H12BrN3O/c1-9-3-2-4-12(14(9)17)20-13-5-6-18-11-7-10(16)8-19-15(11)13/h2-8H,17H2,1H3. The van der Waals surface area contributed by atoms with Crippen molar-refractivity contribution in [3.05, 3.63) is 52.8 Å². The van der Waals surface area contributed by atoms with Crippen molar-refractivity contribution in [1.82, 2.24) is 9.97 Å². The zero-order valence-electron chi connectivity index (χ0n) is 10.8. The number of ether oxygens (including phenoxy) is 1. The number of halogens is 1. The molecule has 2 N–H and O–H groups in total. The van der Waals surface area contributed by atoms with Gasteiger partial charge >= 0.3 is 0 Å². The number of hydrogen-bond donors (Lipinski definition) is 1. The van der Waals surface area contributed by atoms with Crippen molar-refractivity contribution < 1.29 is 4.74 Å². The highest BCUT2D eigenvalue weighted by Crippen LogP contribution is 2.32. The molecule has 0 bridgehead atoms. The van der Waals surface area contributed by atoms with E-state index in [1.807, 2.05) is 31.2 Å². The topological polar surface area (TPSA) is 61.0 Å². The van der Waals surface area contributed by atoms with Crippen LogP contribution in [0.3, 0.4) is 0 Å². The van der Waals surface area contributed by atoms with Crippen molar-refractivity contribution in [3.63, 3.8) is 0 Å². The Balaban J connectivity index is 2.09. The minimum Gasteiger partial charge on any atom is -0.453 e. The first-order valence-corrected chi connectivity index (χ1v) is 6.87. The zero-order chi connectivity index (χ0) is 14.1. The van der Waals surface area contributed by atoms with Crippen molar-refractivity contribution >= 4 is 32.7 Å². The molecule has 0 fully saturated rings. The van der Waals surface area contributed by atoms with E-state index in [9.17, 15) is 0 Å². The number of pyridine rings is 2. The molecule has 0 spiro atoms. The van der Waals surface area contributed by atoms with Gasteiger partial charge in [-0.15, -0.1) is 0 Å². The lowest BCUT2D eigenvalue weighted by Gasteiger charge is -2.11. The lowest BCUT2D eigenvalue weighted by molar-refractivity contribution is 0.489. The number of hydrogen-bond acceptors (Lipinski definition) is 4. The Morgan fingerprint density at radius 3 is 2.85 bits per heavy atom. The van der Waals surface area contributed by atoms with Gasteiger partial charge in [0.05, 0.1) is 11.2 Å². The Morgan fingerprint density at radius 1 is 1.15 bits per heavy atom. The zero-order valence-corrected chi connectivity index (χ0v) is 12.4. The second-order valence-electron chi connectivity index (χ2n) is 4.42. The van der Waals surface area contributed by atoms with Gasteiger partial charge in [-0.1, -0.05) is 12.1 Å². The van der Waals surface area contributed by atoms with Gasteiger partial charge in [-0.05, 0) is 40.5 Å². The third-order valence-corrected chi connectivity index (χ3v) is 3.44. The molecule has 100 valence electrons. The van der Waals surface area contributed by atoms with Gasteiger partial charge in [0.1, 0.15) is 5.52 Å². The fourth-order valence-electron chi connectivity index (χ4n) is 1.92. The molecule has 1 aromatic carbocycles. The van der Waals surface area contributed by atoms with Gasteiger partial charge in [0, 0.05) is 22.9 Å². The van der Waals surface area contributed by atoms with Gasteiger partial charge < -0.3 is 10.5 Å². The number of fused-ring (bicyclic) bond motifs is 1. The maximum absolute atomic E-state index is 6.03. The molecule has 0 radical (unpaired) electrons. The Bertz CT molecular complexity index is 789. The van der Waals surface area contributed by atoms with E-state index in [-0.39, 0.29) is 0 Å². The molecule has 0 saturated carbocycles. The Morgan fingerprint density at radius 2 is 2.00 bits per heavy atom. The average Bonchev–Trinajstić information content (AvgIpc) is 2.44. The second kappa shape index (κ2) is 5.09. The maximum Gasteiger partial charge on any atom is 0.156 e. The third-order valence-electron chi connectivity index (χ3n) is 3.01. The van der Waals surface area contributed by atoms with Crippen LogP contribution < -0.4 is 10.5 Å². The molecule has 0 saturated heterocycles. The Kier molecular flexibility index (Phi) is 3.28. The quantitative estimate of drug-likeness (QED) is 0.720. The second-order valence-corrected chi connectivity index (χ2v) is 5.33. The van der Waals surface area contributed by atoms with Gasteiger partial charge in [-0.25, -0.2) is 4.98 Å². The predicted octanol–water partition coefficient (Wildman–Crippen LogP) is 4.08. The number of nitrogen functional groups attached to an aromatic ring is 1. The summed E-state index contributed by atoms with van der Waals surface area (Å²) in [5, 5.41) is 0. The van der Waals surface area contributed by atoms with Crippen molar-refractivity contribution in [1.29, 1.82) is 0 Å². The van der Waals surface area contributed by atoms with Crippen LogP contribution in [-0.2, 0) is 0 Å². The van der Waals surface area contributed by atoms with Crippen molar-refractivity contribution in [3.8, 4) is 11.5 Å². The molecule has 0 atom stereocenters. The van der Waals surface area contributed by atoms with Crippen LogP contribution in [0, 0.1) is 6.92 Å². The van der Waals surface area contributed by atoms with E-state index in [2.05, 4.69) is 25.9 Å². The summed E-state index contributed by atoms with van der Waals surface area (Å²) in [6.45, 7) is 1.95. The molecule has 0 amide bonds. The van der Waals surface area contributed by atoms with E-state index in [4.69, 9.17) is 10.5 Å². The van der Waals surface area contributed by atoms with E-state index in [0.29, 0.717) is 22.7 Å². The summed E-state index contributed by atoms with van der Waals surface area (Å²) in [6.07, 6.45) is 3.41. The number of nitrogens with two attached hydrogens (primary N) is 1. The first-order chi connectivity index (χ1) is 9.65. The van der Waals surface area contributed by atoms with Gasteiger partial charge in [-0.2, -0.15) is 0 Å². The van der Waals surface area contributed by atoms with Gasteiger partial charge in [0.2, 0.25) is 0 Å². The molecule has 0 unspecified atom stereocenters. The normalized spacial score (nSPS) is 10.7. The highest BCUT2D eigenvalue weighted by molar-refractivity contribution is 9.10. The highest BCUT2D eigenvalue weighted by Gasteiger charge is 2.09. The number of anilines is 1. The summed E-state index contributed by atoms with van der Waals surface area (Å²) in [7, 11) is 0. The fourth-order valence-corrected chi connectivity index (χ4v) is 2.24. The summed E-state index contributed by atoms with van der Waals surface area (Å²) in [6, 6.07) is 9.38. The van der Waals surface area contributed by atoms with E-state index >= 15 is 0 Å². The van der Waals surface area contributed by atoms with E-state index in [1.54, 1.807) is 18.5 Å². The monoisotopic (exact) mass is 329 g/mol. The van der Waals surface area contributed by atoms with Crippen molar-refractivity contribution in [2.75, 3.05) is 5.73 Å². The molecule has 0 aliphatic heterocycles. The van der Waals surface area contributed by atoms with Crippen LogP contribution in [-0.4, -0.2) is 9.97 Å². The summed E-state index contributed by atoms with van der Waals surface area (Å²) in [5.74, 6) is 1.27. The van der Waals surface area contributed by atoms with Crippen LogP contribution in [0.1, 0.15) is 5.56 Å². The van der Waals surface area contributed by atoms with Crippen LogP contribution in [0.4, 0.5) is 5.69 Å². The molecule has 3 rings (SSSR count). The summed E-state index contributed by atoms with van der Waals surface area (Å²) >= 11 is 3.38.